The Kier molecular flexibility index (Phi) is 5.65. The summed E-state index contributed by atoms with van der Waals surface area (Å²) in [5.41, 5.74) is 0.991. The Bertz CT molecular complexity index is 850. The number of carbonyl (C=O) groups is 1. The Balaban J connectivity index is 1.90. The lowest BCUT2D eigenvalue weighted by Crippen LogP contribution is -2.36. The number of aromatic nitrogens is 2. The van der Waals surface area contributed by atoms with E-state index in [1.165, 1.54) is 4.31 Å². The Hall–Kier alpha value is -1.58. The lowest BCUT2D eigenvalue weighted by Gasteiger charge is -2.23. The molecule has 2 aromatic rings. The van der Waals surface area contributed by atoms with Crippen molar-refractivity contribution in [2.24, 2.45) is 0 Å². The molecule has 0 atom stereocenters. The third-order valence-electron chi connectivity index (χ3n) is 4.52. The topological polar surface area (TPSA) is 83.5 Å². The molecular weight excluding hydrogens is 360 g/mol. The van der Waals surface area contributed by atoms with Gasteiger partial charge in [-0.1, -0.05) is 18.9 Å². The first-order valence-electron chi connectivity index (χ1n) is 8.45. The minimum Gasteiger partial charge on any atom is -0.346 e. The monoisotopic (exact) mass is 382 g/mol. The average molecular weight is 383 g/mol. The third-order valence-corrected chi connectivity index (χ3v) is 6.99. The van der Waals surface area contributed by atoms with Crippen LogP contribution in [0.3, 0.4) is 0 Å². The minimum atomic E-state index is -3.71. The lowest BCUT2D eigenvalue weighted by atomic mass is 10.2. The van der Waals surface area contributed by atoms with Crippen molar-refractivity contribution in [1.82, 2.24) is 18.0 Å². The van der Waals surface area contributed by atoms with Crippen LogP contribution in [0.1, 0.15) is 32.1 Å². The maximum atomic E-state index is 13.2. The summed E-state index contributed by atoms with van der Waals surface area (Å²) in [6, 6.07) is 5.00. The van der Waals surface area contributed by atoms with Gasteiger partial charge in [0, 0.05) is 33.1 Å². The summed E-state index contributed by atoms with van der Waals surface area (Å²) < 4.78 is 36.0. The number of nitrogens with zero attached hydrogens (tertiary/aromatic N) is 4. The molecule has 1 amide bonds. The zero-order valence-corrected chi connectivity index (χ0v) is 15.9. The number of amides is 1. The van der Waals surface area contributed by atoms with Crippen molar-refractivity contribution in [1.29, 1.82) is 0 Å². The van der Waals surface area contributed by atoms with Crippen LogP contribution in [0.5, 0.6) is 0 Å². The van der Waals surface area contributed by atoms with E-state index in [2.05, 4.69) is 8.75 Å². The van der Waals surface area contributed by atoms with Crippen LogP contribution in [0, 0.1) is 0 Å². The Labute approximate surface area is 152 Å². The predicted molar refractivity (Wildman–Crippen MR) is 96.9 cm³/mol. The molecule has 25 heavy (non-hydrogen) atoms. The number of benzene rings is 1. The number of fused-ring (bicyclic) bond motifs is 1. The van der Waals surface area contributed by atoms with Gasteiger partial charge < -0.3 is 4.90 Å². The van der Waals surface area contributed by atoms with Gasteiger partial charge in [-0.2, -0.15) is 13.1 Å². The molecule has 0 unspecified atom stereocenters. The van der Waals surface area contributed by atoms with Crippen molar-refractivity contribution >= 4 is 38.7 Å². The maximum absolute atomic E-state index is 13.2. The number of rotatable bonds is 2. The summed E-state index contributed by atoms with van der Waals surface area (Å²) in [6.07, 6.45) is 3.90. The second-order valence-corrected chi connectivity index (χ2v) is 8.71. The molecule has 1 aliphatic heterocycles. The molecular formula is C16H22N4O3S2. The highest BCUT2D eigenvalue weighted by molar-refractivity contribution is 7.89. The van der Waals surface area contributed by atoms with Gasteiger partial charge in [-0.05, 0) is 25.0 Å². The summed E-state index contributed by atoms with van der Waals surface area (Å²) in [4.78, 5) is 14.1. The fraction of sp³-hybridized carbons (Fsp3) is 0.562. The average Bonchev–Trinajstić information content (AvgIpc) is 3.06. The van der Waals surface area contributed by atoms with E-state index in [0.29, 0.717) is 17.6 Å². The van der Waals surface area contributed by atoms with E-state index in [4.69, 9.17) is 0 Å². The van der Waals surface area contributed by atoms with Gasteiger partial charge in [-0.3, -0.25) is 4.79 Å². The van der Waals surface area contributed by atoms with Gasteiger partial charge in [0.1, 0.15) is 15.9 Å². The molecule has 2 heterocycles. The molecule has 1 aromatic heterocycles. The van der Waals surface area contributed by atoms with Gasteiger partial charge >= 0.3 is 0 Å². The smallest absolute Gasteiger partial charge is 0.245 e. The molecule has 7 nitrogen and oxygen atoms in total. The zero-order chi connectivity index (χ0) is 17.9. The van der Waals surface area contributed by atoms with Gasteiger partial charge in [-0.25, -0.2) is 8.42 Å². The third kappa shape index (κ3) is 3.99. The largest absolute Gasteiger partial charge is 0.346 e. The van der Waals surface area contributed by atoms with Gasteiger partial charge in [0.25, 0.3) is 0 Å². The fourth-order valence-corrected chi connectivity index (χ4v) is 5.24. The molecule has 1 fully saturated rings. The summed E-state index contributed by atoms with van der Waals surface area (Å²) >= 11 is 1.00. The molecule has 1 aliphatic rings. The molecule has 136 valence electrons. The first kappa shape index (κ1) is 18.2. The van der Waals surface area contributed by atoms with E-state index >= 15 is 0 Å². The van der Waals surface area contributed by atoms with E-state index in [1.807, 2.05) is 0 Å². The van der Waals surface area contributed by atoms with E-state index in [0.717, 1.165) is 44.0 Å². The normalized spacial score (nSPS) is 19.1. The standard InChI is InChI=1S/C16H22N4O3S2/c1-19-10-4-2-3-5-11-20(12-9-15(19)21)25(22,23)14-8-6-7-13-16(14)18-24-17-13/h6-8H,2-5,9-12H2,1H3. The first-order valence-corrected chi connectivity index (χ1v) is 10.6. The number of carbonyl (C=O) groups excluding carboxylic acids is 1. The number of hydrogen-bond donors (Lipinski definition) is 0. The molecule has 1 saturated heterocycles. The minimum absolute atomic E-state index is 0.0179. The van der Waals surface area contributed by atoms with E-state index in [-0.39, 0.29) is 23.8 Å². The van der Waals surface area contributed by atoms with Crippen LogP contribution < -0.4 is 0 Å². The molecule has 0 N–H and O–H groups in total. The van der Waals surface area contributed by atoms with E-state index in [9.17, 15) is 13.2 Å². The zero-order valence-electron chi connectivity index (χ0n) is 14.2. The molecule has 0 aliphatic carbocycles. The molecule has 0 saturated carbocycles. The molecule has 0 radical (unpaired) electrons. The predicted octanol–water partition coefficient (Wildman–Crippen LogP) is 2.10. The van der Waals surface area contributed by atoms with Gasteiger partial charge in [0.2, 0.25) is 15.9 Å². The van der Waals surface area contributed by atoms with Crippen LogP contribution in [-0.2, 0) is 14.8 Å². The second-order valence-electron chi connectivity index (χ2n) is 6.27. The fourth-order valence-electron chi connectivity index (χ4n) is 3.01. The van der Waals surface area contributed by atoms with Crippen molar-refractivity contribution in [3.05, 3.63) is 18.2 Å². The maximum Gasteiger partial charge on any atom is 0.245 e. The van der Waals surface area contributed by atoms with Crippen LogP contribution in [-0.4, -0.2) is 59.0 Å². The Morgan fingerprint density at radius 3 is 2.60 bits per heavy atom. The lowest BCUT2D eigenvalue weighted by molar-refractivity contribution is -0.130. The molecule has 0 spiro atoms. The quantitative estimate of drug-likeness (QED) is 0.794. The van der Waals surface area contributed by atoms with Crippen molar-refractivity contribution in [3.63, 3.8) is 0 Å². The summed E-state index contributed by atoms with van der Waals surface area (Å²) in [7, 11) is -1.93. The van der Waals surface area contributed by atoms with Crippen LogP contribution in [0.15, 0.2) is 23.1 Å². The van der Waals surface area contributed by atoms with Crippen molar-refractivity contribution < 1.29 is 13.2 Å². The van der Waals surface area contributed by atoms with E-state index in [1.54, 1.807) is 30.1 Å². The molecule has 1 aromatic carbocycles. The van der Waals surface area contributed by atoms with Gasteiger partial charge in [-0.15, -0.1) is 0 Å². The van der Waals surface area contributed by atoms with Crippen LogP contribution in [0.2, 0.25) is 0 Å². The van der Waals surface area contributed by atoms with Crippen LogP contribution >= 0.6 is 11.7 Å². The van der Waals surface area contributed by atoms with Crippen LogP contribution in [0.25, 0.3) is 11.0 Å². The highest BCUT2D eigenvalue weighted by Crippen LogP contribution is 2.25. The van der Waals surface area contributed by atoms with Crippen LogP contribution in [0.4, 0.5) is 0 Å². The molecule has 3 rings (SSSR count). The SMILES string of the molecule is CN1CCCCCCN(S(=O)(=O)c2cccc3nsnc23)CCC1=O. The first-order chi connectivity index (χ1) is 12.0. The summed E-state index contributed by atoms with van der Waals surface area (Å²) in [5.74, 6) is -0.0179. The molecule has 9 heteroatoms. The van der Waals surface area contributed by atoms with Crippen molar-refractivity contribution in [2.45, 2.75) is 37.0 Å². The highest BCUT2D eigenvalue weighted by Gasteiger charge is 2.28. The summed E-state index contributed by atoms with van der Waals surface area (Å²) in [5, 5.41) is 0. The number of sulfonamides is 1. The number of hydrogen-bond acceptors (Lipinski definition) is 6. The Morgan fingerprint density at radius 2 is 1.80 bits per heavy atom. The van der Waals surface area contributed by atoms with Gasteiger partial charge in [0.15, 0.2) is 0 Å². The molecule has 0 bridgehead atoms. The second kappa shape index (κ2) is 7.76. The highest BCUT2D eigenvalue weighted by atomic mass is 32.2. The Morgan fingerprint density at radius 1 is 1.04 bits per heavy atom. The van der Waals surface area contributed by atoms with Crippen molar-refractivity contribution in [3.8, 4) is 0 Å². The summed E-state index contributed by atoms with van der Waals surface area (Å²) in [6.45, 7) is 1.35. The van der Waals surface area contributed by atoms with Crippen molar-refractivity contribution in [2.75, 3.05) is 26.7 Å². The van der Waals surface area contributed by atoms with Gasteiger partial charge in [0.05, 0.1) is 11.7 Å². The van der Waals surface area contributed by atoms with E-state index < -0.39 is 10.0 Å².